The Kier molecular flexibility index (Phi) is 2.63. The first kappa shape index (κ1) is 11.3. The van der Waals surface area contributed by atoms with Crippen LogP contribution < -0.4 is 0 Å². The van der Waals surface area contributed by atoms with E-state index >= 15 is 0 Å². The predicted octanol–water partition coefficient (Wildman–Crippen LogP) is 3.04. The molecule has 1 unspecified atom stereocenters. The highest BCUT2D eigenvalue weighted by atomic mass is 19.1. The van der Waals surface area contributed by atoms with Crippen LogP contribution in [0.4, 0.5) is 8.78 Å². The van der Waals surface area contributed by atoms with E-state index in [9.17, 15) is 13.6 Å². The molecule has 2 aromatic rings. The van der Waals surface area contributed by atoms with E-state index in [-0.39, 0.29) is 11.6 Å². The number of hydrogen-bond donors (Lipinski definition) is 0. The first-order valence-electron chi connectivity index (χ1n) is 5.77. The third-order valence-electron chi connectivity index (χ3n) is 3.22. The third-order valence-corrected chi connectivity index (χ3v) is 3.22. The minimum atomic E-state index is -0.662. The number of aldehydes is 1. The van der Waals surface area contributed by atoms with E-state index in [4.69, 9.17) is 4.74 Å². The maximum absolute atomic E-state index is 13.7. The minimum Gasteiger partial charge on any atom is -0.358 e. The van der Waals surface area contributed by atoms with Gasteiger partial charge in [-0.1, -0.05) is 0 Å². The molecule has 5 heteroatoms. The molecule has 1 aliphatic rings. The first-order valence-corrected chi connectivity index (χ1v) is 5.77. The van der Waals surface area contributed by atoms with Crippen molar-refractivity contribution in [2.24, 2.45) is 0 Å². The largest absolute Gasteiger partial charge is 0.358 e. The van der Waals surface area contributed by atoms with Crippen molar-refractivity contribution >= 4 is 17.2 Å². The molecule has 1 aromatic carbocycles. The number of nitrogens with zero attached hydrogens (tertiary/aromatic N) is 1. The number of hydrogen-bond acceptors (Lipinski definition) is 2. The molecule has 1 aromatic heterocycles. The first-order chi connectivity index (χ1) is 8.70. The van der Waals surface area contributed by atoms with E-state index < -0.39 is 11.6 Å². The van der Waals surface area contributed by atoms with Crippen molar-refractivity contribution in [2.45, 2.75) is 19.1 Å². The molecule has 0 amide bonds. The smallest absolute Gasteiger partial charge is 0.166 e. The van der Waals surface area contributed by atoms with Crippen molar-refractivity contribution in [3.63, 3.8) is 0 Å². The van der Waals surface area contributed by atoms with Gasteiger partial charge in [0.05, 0.1) is 11.2 Å². The molecule has 1 atom stereocenters. The monoisotopic (exact) mass is 251 g/mol. The Bertz CT molecular complexity index is 615. The number of carbonyl (C=O) groups excluding carboxylic acids is 1. The third kappa shape index (κ3) is 1.62. The molecule has 0 radical (unpaired) electrons. The molecule has 1 saturated heterocycles. The Labute approximate surface area is 102 Å². The van der Waals surface area contributed by atoms with Crippen LogP contribution in [0.1, 0.15) is 29.6 Å². The molecule has 1 fully saturated rings. The Morgan fingerprint density at radius 1 is 1.33 bits per heavy atom. The van der Waals surface area contributed by atoms with Gasteiger partial charge in [0.1, 0.15) is 17.9 Å². The van der Waals surface area contributed by atoms with Crippen molar-refractivity contribution in [1.82, 2.24) is 4.57 Å². The number of aromatic nitrogens is 1. The number of halogens is 2. The van der Waals surface area contributed by atoms with E-state index in [1.54, 1.807) is 4.57 Å². The number of fused-ring (bicyclic) bond motifs is 1. The van der Waals surface area contributed by atoms with E-state index in [2.05, 4.69) is 0 Å². The number of benzene rings is 1. The molecule has 0 aliphatic carbocycles. The van der Waals surface area contributed by atoms with Gasteiger partial charge in [0, 0.05) is 18.1 Å². The van der Waals surface area contributed by atoms with Crippen LogP contribution in [-0.2, 0) is 4.74 Å². The lowest BCUT2D eigenvalue weighted by Gasteiger charge is -2.15. The molecule has 0 saturated carbocycles. The minimum absolute atomic E-state index is 0.244. The van der Waals surface area contributed by atoms with Crippen molar-refractivity contribution in [2.75, 3.05) is 6.61 Å². The van der Waals surface area contributed by atoms with Crippen LogP contribution in [0.2, 0.25) is 0 Å². The van der Waals surface area contributed by atoms with Gasteiger partial charge in [-0.25, -0.2) is 8.78 Å². The average molecular weight is 251 g/mol. The van der Waals surface area contributed by atoms with Crippen molar-refractivity contribution in [1.29, 1.82) is 0 Å². The summed E-state index contributed by atoms with van der Waals surface area (Å²) in [5, 5.41) is 0.244. The summed E-state index contributed by atoms with van der Waals surface area (Å²) in [6, 6.07) is 3.47. The van der Waals surface area contributed by atoms with E-state index in [0.29, 0.717) is 24.1 Å². The Balaban J connectivity index is 2.29. The summed E-state index contributed by atoms with van der Waals surface area (Å²) in [6.07, 6.45) is 1.94. The fraction of sp³-hybridized carbons (Fsp3) is 0.308. The van der Waals surface area contributed by atoms with Gasteiger partial charge in [-0.3, -0.25) is 4.79 Å². The average Bonchev–Trinajstić information content (AvgIpc) is 2.94. The maximum atomic E-state index is 13.7. The highest BCUT2D eigenvalue weighted by Crippen LogP contribution is 2.31. The lowest BCUT2D eigenvalue weighted by molar-refractivity contribution is 0.0579. The summed E-state index contributed by atoms with van der Waals surface area (Å²) < 4.78 is 34.0. The van der Waals surface area contributed by atoms with Gasteiger partial charge < -0.3 is 9.30 Å². The topological polar surface area (TPSA) is 31.2 Å². The second kappa shape index (κ2) is 4.17. The van der Waals surface area contributed by atoms with Gasteiger partial charge in [-0.2, -0.15) is 0 Å². The maximum Gasteiger partial charge on any atom is 0.166 e. The Morgan fingerprint density at radius 3 is 2.83 bits per heavy atom. The van der Waals surface area contributed by atoms with Gasteiger partial charge in [0.15, 0.2) is 6.29 Å². The second-order valence-electron chi connectivity index (χ2n) is 4.35. The summed E-state index contributed by atoms with van der Waals surface area (Å²) in [7, 11) is 0. The van der Waals surface area contributed by atoms with Crippen LogP contribution in [0.5, 0.6) is 0 Å². The van der Waals surface area contributed by atoms with Crippen molar-refractivity contribution in [3.8, 4) is 0 Å². The zero-order chi connectivity index (χ0) is 12.7. The Hall–Kier alpha value is -1.75. The molecule has 0 spiro atoms. The molecule has 3 rings (SSSR count). The highest BCUT2D eigenvalue weighted by Gasteiger charge is 2.23. The van der Waals surface area contributed by atoms with Crippen LogP contribution >= 0.6 is 0 Å². The molecule has 3 nitrogen and oxygen atoms in total. The van der Waals surface area contributed by atoms with Crippen LogP contribution in [0.15, 0.2) is 18.2 Å². The van der Waals surface area contributed by atoms with Crippen LogP contribution in [0.25, 0.3) is 10.9 Å². The van der Waals surface area contributed by atoms with Gasteiger partial charge in [-0.15, -0.1) is 0 Å². The highest BCUT2D eigenvalue weighted by molar-refractivity contribution is 5.89. The summed E-state index contributed by atoms with van der Waals surface area (Å²) in [5.41, 5.74) is 0.669. The molecule has 2 heterocycles. The Morgan fingerprint density at radius 2 is 2.17 bits per heavy atom. The standard InChI is InChI=1S/C13H11F2NO2/c14-8-4-11(15)10-6-9(7-17)16(12(10)5-8)13-2-1-3-18-13/h4-7,13H,1-3H2. The number of ether oxygens (including phenoxy) is 1. The molecule has 0 N–H and O–H groups in total. The molecular formula is C13H11F2NO2. The SMILES string of the molecule is O=Cc1cc2c(F)cc(F)cc2n1C1CCCO1. The van der Waals surface area contributed by atoms with E-state index in [1.165, 1.54) is 12.1 Å². The van der Waals surface area contributed by atoms with E-state index in [0.717, 1.165) is 18.9 Å². The quantitative estimate of drug-likeness (QED) is 0.768. The van der Waals surface area contributed by atoms with Crippen LogP contribution in [0, 0.1) is 11.6 Å². The fourth-order valence-corrected chi connectivity index (χ4v) is 2.45. The van der Waals surface area contributed by atoms with Gasteiger partial charge in [0.2, 0.25) is 0 Å². The van der Waals surface area contributed by atoms with Gasteiger partial charge >= 0.3 is 0 Å². The lowest BCUT2D eigenvalue weighted by Crippen LogP contribution is -2.10. The molecular weight excluding hydrogens is 240 g/mol. The van der Waals surface area contributed by atoms with Crippen molar-refractivity contribution in [3.05, 3.63) is 35.5 Å². The molecule has 0 bridgehead atoms. The molecule has 1 aliphatic heterocycles. The zero-order valence-electron chi connectivity index (χ0n) is 9.53. The number of rotatable bonds is 2. The van der Waals surface area contributed by atoms with Crippen LogP contribution in [-0.4, -0.2) is 17.5 Å². The second-order valence-corrected chi connectivity index (χ2v) is 4.35. The predicted molar refractivity (Wildman–Crippen MR) is 61.5 cm³/mol. The van der Waals surface area contributed by atoms with Gasteiger partial charge in [0.25, 0.3) is 0 Å². The van der Waals surface area contributed by atoms with Crippen LogP contribution in [0.3, 0.4) is 0 Å². The zero-order valence-corrected chi connectivity index (χ0v) is 9.53. The summed E-state index contributed by atoms with van der Waals surface area (Å²) in [4.78, 5) is 11.1. The molecule has 94 valence electrons. The van der Waals surface area contributed by atoms with Crippen molar-refractivity contribution < 1.29 is 18.3 Å². The summed E-state index contributed by atoms with van der Waals surface area (Å²) in [5.74, 6) is -1.32. The summed E-state index contributed by atoms with van der Waals surface area (Å²) >= 11 is 0. The lowest BCUT2D eigenvalue weighted by atomic mass is 10.2. The number of carbonyl (C=O) groups is 1. The van der Waals surface area contributed by atoms with Gasteiger partial charge in [-0.05, 0) is 25.0 Å². The fourth-order valence-electron chi connectivity index (χ4n) is 2.45. The normalized spacial score (nSPS) is 19.6. The molecule has 18 heavy (non-hydrogen) atoms. The summed E-state index contributed by atoms with van der Waals surface area (Å²) in [6.45, 7) is 0.598. The van der Waals surface area contributed by atoms with E-state index in [1.807, 2.05) is 0 Å².